The van der Waals surface area contributed by atoms with Crippen LogP contribution >= 0.6 is 0 Å². The lowest BCUT2D eigenvalue weighted by molar-refractivity contribution is -0.152. The molecule has 0 heterocycles. The van der Waals surface area contributed by atoms with E-state index < -0.39 is 0 Å². The molecular weight excluding hydrogens is 226 g/mol. The van der Waals surface area contributed by atoms with Crippen molar-refractivity contribution >= 4 is 5.97 Å². The first kappa shape index (κ1) is 13.9. The van der Waals surface area contributed by atoms with Crippen LogP contribution in [0.3, 0.4) is 0 Å². The zero-order valence-electron chi connectivity index (χ0n) is 12.2. The molecule has 104 valence electrons. The van der Waals surface area contributed by atoms with Gasteiger partial charge in [-0.2, -0.15) is 0 Å². The van der Waals surface area contributed by atoms with Gasteiger partial charge in [0.1, 0.15) is 0 Å². The second kappa shape index (κ2) is 4.52. The van der Waals surface area contributed by atoms with E-state index in [1.54, 1.807) is 0 Å². The predicted octanol–water partition coefficient (Wildman–Crippen LogP) is 2.59. The Kier molecular flexibility index (Phi) is 3.48. The van der Waals surface area contributed by atoms with Crippen molar-refractivity contribution in [1.82, 2.24) is 0 Å². The third kappa shape index (κ3) is 1.70. The highest BCUT2D eigenvalue weighted by atomic mass is 16.5. The third-order valence-electron chi connectivity index (χ3n) is 6.19. The number of fused-ring (bicyclic) bond motifs is 2. The van der Waals surface area contributed by atoms with E-state index >= 15 is 0 Å². The molecule has 0 aromatic carbocycles. The molecule has 0 saturated heterocycles. The molecule has 3 heteroatoms. The summed E-state index contributed by atoms with van der Waals surface area (Å²) in [6.07, 6.45) is 3.68. The van der Waals surface area contributed by atoms with Crippen molar-refractivity contribution in [2.45, 2.75) is 47.0 Å². The summed E-state index contributed by atoms with van der Waals surface area (Å²) in [6, 6.07) is 0. The number of hydrogen-bond donors (Lipinski definition) is 1. The van der Waals surface area contributed by atoms with Crippen LogP contribution in [0.25, 0.3) is 0 Å². The molecule has 2 aliphatic rings. The van der Waals surface area contributed by atoms with Gasteiger partial charge in [-0.25, -0.2) is 0 Å². The van der Waals surface area contributed by atoms with Crippen LogP contribution in [-0.4, -0.2) is 19.1 Å². The maximum Gasteiger partial charge on any atom is 0.310 e. The van der Waals surface area contributed by atoms with Crippen molar-refractivity contribution < 1.29 is 9.53 Å². The number of nitrogens with two attached hydrogens (primary N) is 1. The first-order valence-corrected chi connectivity index (χ1v) is 7.25. The normalized spacial score (nSPS) is 38.7. The number of carbonyl (C=O) groups is 1. The Morgan fingerprint density at radius 2 is 2.11 bits per heavy atom. The van der Waals surface area contributed by atoms with Gasteiger partial charge in [-0.05, 0) is 48.9 Å². The molecule has 3 nitrogen and oxygen atoms in total. The van der Waals surface area contributed by atoms with E-state index in [0.717, 1.165) is 12.3 Å². The molecule has 2 fully saturated rings. The van der Waals surface area contributed by atoms with Crippen LogP contribution < -0.4 is 5.73 Å². The second-order valence-corrected chi connectivity index (χ2v) is 6.81. The molecule has 2 bridgehead atoms. The topological polar surface area (TPSA) is 52.3 Å². The highest BCUT2D eigenvalue weighted by Crippen LogP contribution is 2.69. The van der Waals surface area contributed by atoms with Crippen molar-refractivity contribution in [3.63, 3.8) is 0 Å². The summed E-state index contributed by atoms with van der Waals surface area (Å²) in [5, 5.41) is 0. The van der Waals surface area contributed by atoms with E-state index in [-0.39, 0.29) is 17.3 Å². The Morgan fingerprint density at radius 1 is 1.44 bits per heavy atom. The van der Waals surface area contributed by atoms with Gasteiger partial charge in [0.25, 0.3) is 0 Å². The van der Waals surface area contributed by atoms with Gasteiger partial charge in [0, 0.05) is 6.54 Å². The summed E-state index contributed by atoms with van der Waals surface area (Å²) >= 11 is 0. The molecule has 0 aromatic heterocycles. The van der Waals surface area contributed by atoms with Crippen LogP contribution in [0.15, 0.2) is 0 Å². The van der Waals surface area contributed by atoms with Crippen molar-refractivity contribution in [3.05, 3.63) is 0 Å². The molecule has 2 N–H and O–H groups in total. The fraction of sp³-hybridized carbons (Fsp3) is 0.933. The minimum absolute atomic E-state index is 0.0884. The van der Waals surface area contributed by atoms with Crippen molar-refractivity contribution in [2.24, 2.45) is 34.3 Å². The third-order valence-corrected chi connectivity index (χ3v) is 6.19. The number of rotatable bonds is 4. The number of ether oxygens (including phenoxy) is 1. The molecule has 0 aromatic rings. The first-order chi connectivity index (χ1) is 8.38. The van der Waals surface area contributed by atoms with Crippen LogP contribution in [0.2, 0.25) is 0 Å². The molecular formula is C15H27NO2. The maximum absolute atomic E-state index is 12.1. The van der Waals surface area contributed by atoms with E-state index in [9.17, 15) is 4.79 Å². The number of hydrogen-bond acceptors (Lipinski definition) is 3. The van der Waals surface area contributed by atoms with Crippen molar-refractivity contribution in [3.8, 4) is 0 Å². The molecule has 4 atom stereocenters. The fourth-order valence-corrected chi connectivity index (χ4v) is 4.55. The molecule has 2 rings (SSSR count). The minimum Gasteiger partial charge on any atom is -0.466 e. The van der Waals surface area contributed by atoms with Gasteiger partial charge in [0.05, 0.1) is 12.5 Å². The Labute approximate surface area is 110 Å². The van der Waals surface area contributed by atoms with Crippen LogP contribution in [0.4, 0.5) is 0 Å². The lowest BCUT2D eigenvalue weighted by Crippen LogP contribution is -2.42. The minimum atomic E-state index is -0.112. The Balaban J connectivity index is 2.22. The van der Waals surface area contributed by atoms with Gasteiger partial charge in [0.2, 0.25) is 0 Å². The molecule has 0 spiro atoms. The van der Waals surface area contributed by atoms with Crippen molar-refractivity contribution in [1.29, 1.82) is 0 Å². The van der Waals surface area contributed by atoms with E-state index in [4.69, 9.17) is 10.5 Å². The summed E-state index contributed by atoms with van der Waals surface area (Å²) in [5.41, 5.74) is 6.44. The van der Waals surface area contributed by atoms with E-state index in [1.807, 2.05) is 6.92 Å². The van der Waals surface area contributed by atoms with Gasteiger partial charge in [-0.1, -0.05) is 20.8 Å². The number of esters is 1. The summed E-state index contributed by atoms with van der Waals surface area (Å²) < 4.78 is 5.21. The Bertz CT molecular complexity index is 339. The average molecular weight is 253 g/mol. The lowest BCUT2D eigenvalue weighted by Gasteiger charge is -2.41. The van der Waals surface area contributed by atoms with Gasteiger partial charge in [-0.3, -0.25) is 4.79 Å². The van der Waals surface area contributed by atoms with E-state index in [1.165, 1.54) is 12.8 Å². The van der Waals surface area contributed by atoms with Gasteiger partial charge in [0.15, 0.2) is 0 Å². The molecule has 2 aliphatic carbocycles. The number of carbonyl (C=O) groups excluding carboxylic acids is 1. The van der Waals surface area contributed by atoms with Gasteiger partial charge in [-0.15, -0.1) is 0 Å². The molecule has 0 radical (unpaired) electrons. The van der Waals surface area contributed by atoms with Crippen LogP contribution in [-0.2, 0) is 9.53 Å². The van der Waals surface area contributed by atoms with Gasteiger partial charge < -0.3 is 10.5 Å². The Hall–Kier alpha value is -0.570. The Morgan fingerprint density at radius 3 is 2.50 bits per heavy atom. The zero-order chi connectivity index (χ0) is 13.6. The first-order valence-electron chi connectivity index (χ1n) is 7.25. The molecule has 0 unspecified atom stereocenters. The summed E-state index contributed by atoms with van der Waals surface area (Å²) in [4.78, 5) is 12.1. The van der Waals surface area contributed by atoms with Crippen LogP contribution in [0, 0.1) is 28.6 Å². The summed E-state index contributed by atoms with van der Waals surface area (Å²) in [5.74, 6) is 0.945. The zero-order valence-corrected chi connectivity index (χ0v) is 12.2. The average Bonchev–Trinajstić information content (AvgIpc) is 2.63. The molecule has 0 aliphatic heterocycles. The highest BCUT2D eigenvalue weighted by Gasteiger charge is 2.63. The smallest absolute Gasteiger partial charge is 0.310 e. The maximum atomic E-state index is 12.1. The van der Waals surface area contributed by atoms with E-state index in [2.05, 4.69) is 20.8 Å². The molecule has 0 amide bonds. The van der Waals surface area contributed by atoms with Crippen molar-refractivity contribution in [2.75, 3.05) is 13.2 Å². The molecule has 18 heavy (non-hydrogen) atoms. The monoisotopic (exact) mass is 253 g/mol. The van der Waals surface area contributed by atoms with Crippen LogP contribution in [0.1, 0.15) is 47.0 Å². The second-order valence-electron chi connectivity index (χ2n) is 6.81. The summed E-state index contributed by atoms with van der Waals surface area (Å²) in [6.45, 7) is 9.81. The summed E-state index contributed by atoms with van der Waals surface area (Å²) in [7, 11) is 0. The van der Waals surface area contributed by atoms with Gasteiger partial charge >= 0.3 is 5.97 Å². The highest BCUT2D eigenvalue weighted by molar-refractivity contribution is 5.73. The SMILES string of the molecule is CCOC(=O)[C@@H](CN)[C@@H]1C[C@@H]2CC[C@]1(C)C2(C)C. The fourth-order valence-electron chi connectivity index (χ4n) is 4.55. The van der Waals surface area contributed by atoms with E-state index in [0.29, 0.717) is 24.5 Å². The standard InChI is InChI=1S/C15H27NO2/c1-5-18-13(17)11(9-16)12-8-10-6-7-15(12,4)14(10,2)3/h10-12H,5-9,16H2,1-4H3/t10-,11-,12-,15-/m0/s1. The largest absolute Gasteiger partial charge is 0.466 e. The lowest BCUT2D eigenvalue weighted by atomic mass is 9.63. The van der Waals surface area contributed by atoms with Crippen LogP contribution in [0.5, 0.6) is 0 Å². The molecule has 2 saturated carbocycles. The quantitative estimate of drug-likeness (QED) is 0.783. The predicted molar refractivity (Wildman–Crippen MR) is 71.9 cm³/mol.